The highest BCUT2D eigenvalue weighted by atomic mass is 35.5. The van der Waals surface area contributed by atoms with Crippen molar-refractivity contribution in [1.29, 1.82) is 0 Å². The van der Waals surface area contributed by atoms with Crippen LogP contribution < -0.4 is 10.6 Å². The van der Waals surface area contributed by atoms with Gasteiger partial charge in [0.2, 0.25) is 0 Å². The first-order chi connectivity index (χ1) is 11.1. The predicted molar refractivity (Wildman–Crippen MR) is 109 cm³/mol. The third kappa shape index (κ3) is 5.96. The second kappa shape index (κ2) is 10.1. The Kier molecular flexibility index (Phi) is 8.86. The topological polar surface area (TPSA) is 54.0 Å². The average Bonchev–Trinajstić information content (AvgIpc) is 2.89. The van der Waals surface area contributed by atoms with Gasteiger partial charge in [0, 0.05) is 18.5 Å². The molecule has 0 spiro atoms. The van der Waals surface area contributed by atoms with Gasteiger partial charge < -0.3 is 10.6 Å². The van der Waals surface area contributed by atoms with E-state index in [1.165, 1.54) is 16.9 Å². The van der Waals surface area contributed by atoms with Crippen LogP contribution in [0.4, 0.5) is 0 Å². The number of nitrogens with zero attached hydrogens (tertiary/aromatic N) is 1. The number of thiazole rings is 1. The molecule has 1 fully saturated rings. The van der Waals surface area contributed by atoms with Crippen LogP contribution in [0.5, 0.6) is 0 Å². The molecule has 1 aliphatic rings. The minimum absolute atomic E-state index is 0. The van der Waals surface area contributed by atoms with Gasteiger partial charge in [-0.1, -0.05) is 30.3 Å². The van der Waals surface area contributed by atoms with Crippen molar-refractivity contribution < 1.29 is 4.79 Å². The molecule has 0 aliphatic carbocycles. The number of piperidine rings is 1. The normalized spacial score (nSPS) is 19.4. The van der Waals surface area contributed by atoms with Crippen LogP contribution >= 0.6 is 36.2 Å². The Morgan fingerprint density at radius 3 is 2.72 bits per heavy atom. The van der Waals surface area contributed by atoms with E-state index in [2.05, 4.69) is 34.7 Å². The van der Waals surface area contributed by atoms with Crippen molar-refractivity contribution in [3.8, 4) is 0 Å². The number of hydrogen-bond acceptors (Lipinski definition) is 4. The van der Waals surface area contributed by atoms with Gasteiger partial charge in [-0.3, -0.25) is 4.79 Å². The van der Waals surface area contributed by atoms with Gasteiger partial charge in [-0.2, -0.15) is 0 Å². The SMILES string of the molecule is Cc1nc(Cc2ccccc2)sc1C(=O)NC1CCNC(C)C1.Cl.Cl. The molecule has 3 rings (SSSR count). The van der Waals surface area contributed by atoms with E-state index in [1.54, 1.807) is 0 Å². The van der Waals surface area contributed by atoms with Crippen LogP contribution in [0.1, 0.15) is 45.7 Å². The van der Waals surface area contributed by atoms with Crippen LogP contribution in [0.25, 0.3) is 0 Å². The van der Waals surface area contributed by atoms with E-state index in [0.29, 0.717) is 6.04 Å². The molecule has 1 amide bonds. The Labute approximate surface area is 165 Å². The second-order valence-electron chi connectivity index (χ2n) is 6.23. The van der Waals surface area contributed by atoms with Crippen molar-refractivity contribution in [2.45, 2.75) is 45.2 Å². The van der Waals surface area contributed by atoms with Gasteiger partial charge in [0.15, 0.2) is 0 Å². The molecule has 0 bridgehead atoms. The lowest BCUT2D eigenvalue weighted by atomic mass is 10.0. The maximum atomic E-state index is 12.5. The number of benzene rings is 1. The summed E-state index contributed by atoms with van der Waals surface area (Å²) in [6, 6.07) is 11.0. The van der Waals surface area contributed by atoms with Crippen LogP contribution in [0.2, 0.25) is 0 Å². The summed E-state index contributed by atoms with van der Waals surface area (Å²) in [6.07, 6.45) is 2.76. The van der Waals surface area contributed by atoms with Crippen molar-refractivity contribution >= 4 is 42.1 Å². The number of aromatic nitrogens is 1. The zero-order chi connectivity index (χ0) is 16.2. The standard InChI is InChI=1S/C18H23N3OS.2ClH/c1-12-10-15(8-9-19-12)21-18(22)17-13(2)20-16(23-17)11-14-6-4-3-5-7-14;;/h3-7,12,15,19H,8-11H2,1-2H3,(H,21,22);2*1H. The second-order valence-corrected chi connectivity index (χ2v) is 7.32. The van der Waals surface area contributed by atoms with E-state index in [9.17, 15) is 4.79 Å². The van der Waals surface area contributed by atoms with Crippen molar-refractivity contribution in [3.63, 3.8) is 0 Å². The van der Waals surface area contributed by atoms with Gasteiger partial charge in [0.25, 0.3) is 5.91 Å². The third-order valence-electron chi connectivity index (χ3n) is 4.20. The molecule has 1 aromatic heterocycles. The Morgan fingerprint density at radius 2 is 2.04 bits per heavy atom. The summed E-state index contributed by atoms with van der Waals surface area (Å²) in [5.74, 6) is 0.0263. The number of carbonyl (C=O) groups excluding carboxylic acids is 1. The molecular weight excluding hydrogens is 377 g/mol. The van der Waals surface area contributed by atoms with E-state index in [4.69, 9.17) is 0 Å². The Balaban J connectivity index is 0.00000156. The lowest BCUT2D eigenvalue weighted by molar-refractivity contribution is 0.0929. The van der Waals surface area contributed by atoms with Crippen LogP contribution in [0, 0.1) is 6.92 Å². The molecule has 4 nitrogen and oxygen atoms in total. The number of aryl methyl sites for hydroxylation is 1. The van der Waals surface area contributed by atoms with Crippen LogP contribution in [0.3, 0.4) is 0 Å². The summed E-state index contributed by atoms with van der Waals surface area (Å²) < 4.78 is 0. The van der Waals surface area contributed by atoms with E-state index in [-0.39, 0.29) is 36.8 Å². The average molecular weight is 402 g/mol. The molecule has 2 N–H and O–H groups in total. The number of amides is 1. The minimum atomic E-state index is 0. The molecule has 25 heavy (non-hydrogen) atoms. The third-order valence-corrected chi connectivity index (χ3v) is 5.36. The van der Waals surface area contributed by atoms with Gasteiger partial charge in [-0.25, -0.2) is 4.98 Å². The molecular formula is C18H25Cl2N3OS. The molecule has 2 aromatic rings. The van der Waals surface area contributed by atoms with Crippen LogP contribution in [-0.2, 0) is 6.42 Å². The van der Waals surface area contributed by atoms with Gasteiger partial charge in [-0.15, -0.1) is 36.2 Å². The summed E-state index contributed by atoms with van der Waals surface area (Å²) in [4.78, 5) is 17.9. The lowest BCUT2D eigenvalue weighted by Gasteiger charge is -2.28. The van der Waals surface area contributed by atoms with Crippen LogP contribution in [-0.4, -0.2) is 29.5 Å². The zero-order valence-electron chi connectivity index (χ0n) is 14.5. The summed E-state index contributed by atoms with van der Waals surface area (Å²) in [5, 5.41) is 7.58. The largest absolute Gasteiger partial charge is 0.348 e. The first kappa shape index (κ1) is 21.9. The van der Waals surface area contributed by atoms with Gasteiger partial charge >= 0.3 is 0 Å². The highest BCUT2D eigenvalue weighted by Gasteiger charge is 2.22. The van der Waals surface area contributed by atoms with E-state index in [0.717, 1.165) is 41.4 Å². The molecule has 1 aliphatic heterocycles. The Bertz CT molecular complexity index is 678. The number of hydrogen-bond donors (Lipinski definition) is 2. The van der Waals surface area contributed by atoms with E-state index < -0.39 is 0 Å². The number of carbonyl (C=O) groups is 1. The van der Waals surface area contributed by atoms with Crippen molar-refractivity contribution in [2.75, 3.05) is 6.54 Å². The fourth-order valence-corrected chi connectivity index (χ4v) is 4.03. The van der Waals surface area contributed by atoms with Crippen molar-refractivity contribution in [3.05, 3.63) is 51.5 Å². The van der Waals surface area contributed by atoms with Crippen molar-refractivity contribution in [1.82, 2.24) is 15.6 Å². The molecule has 138 valence electrons. The quantitative estimate of drug-likeness (QED) is 0.819. The highest BCUT2D eigenvalue weighted by molar-refractivity contribution is 7.13. The molecule has 2 heterocycles. The number of nitrogens with one attached hydrogen (secondary N) is 2. The highest BCUT2D eigenvalue weighted by Crippen LogP contribution is 2.21. The molecule has 2 unspecified atom stereocenters. The molecule has 1 saturated heterocycles. The Morgan fingerprint density at radius 1 is 1.32 bits per heavy atom. The number of halogens is 2. The lowest BCUT2D eigenvalue weighted by Crippen LogP contribution is -2.46. The summed E-state index contributed by atoms with van der Waals surface area (Å²) in [6.45, 7) is 5.05. The van der Waals surface area contributed by atoms with Gasteiger partial charge in [-0.05, 0) is 38.8 Å². The molecule has 0 saturated carbocycles. The molecule has 7 heteroatoms. The van der Waals surface area contributed by atoms with E-state index in [1.807, 2.05) is 25.1 Å². The summed E-state index contributed by atoms with van der Waals surface area (Å²) in [5.41, 5.74) is 2.06. The molecule has 0 radical (unpaired) electrons. The smallest absolute Gasteiger partial charge is 0.263 e. The maximum Gasteiger partial charge on any atom is 0.263 e. The van der Waals surface area contributed by atoms with Crippen molar-refractivity contribution in [2.24, 2.45) is 0 Å². The first-order valence-corrected chi connectivity index (χ1v) is 8.98. The van der Waals surface area contributed by atoms with Crippen LogP contribution in [0.15, 0.2) is 30.3 Å². The zero-order valence-corrected chi connectivity index (χ0v) is 16.9. The fraction of sp³-hybridized carbons (Fsp3) is 0.444. The molecule has 1 aromatic carbocycles. The Hall–Kier alpha value is -1.14. The van der Waals surface area contributed by atoms with Gasteiger partial charge in [0.1, 0.15) is 4.88 Å². The first-order valence-electron chi connectivity index (χ1n) is 8.16. The summed E-state index contributed by atoms with van der Waals surface area (Å²) >= 11 is 1.51. The predicted octanol–water partition coefficient (Wildman–Crippen LogP) is 3.76. The molecule has 2 atom stereocenters. The monoisotopic (exact) mass is 401 g/mol. The minimum Gasteiger partial charge on any atom is -0.348 e. The number of rotatable bonds is 4. The maximum absolute atomic E-state index is 12.5. The van der Waals surface area contributed by atoms with E-state index >= 15 is 0 Å². The fourth-order valence-electron chi connectivity index (χ4n) is 3.02. The summed E-state index contributed by atoms with van der Waals surface area (Å²) in [7, 11) is 0. The van der Waals surface area contributed by atoms with Gasteiger partial charge in [0.05, 0.1) is 10.7 Å².